The second-order valence-corrected chi connectivity index (χ2v) is 7.96. The molecule has 172 valence electrons. The largest absolute Gasteiger partial charge is 0.475 e. The highest BCUT2D eigenvalue weighted by molar-refractivity contribution is 6.31. The van der Waals surface area contributed by atoms with Gasteiger partial charge in [-0.2, -0.15) is 23.2 Å². The molecule has 1 aromatic carbocycles. The van der Waals surface area contributed by atoms with E-state index in [0.29, 0.717) is 16.2 Å². The van der Waals surface area contributed by atoms with Crippen LogP contribution in [0.3, 0.4) is 0 Å². The van der Waals surface area contributed by atoms with Gasteiger partial charge < -0.3 is 14.2 Å². The summed E-state index contributed by atoms with van der Waals surface area (Å²) in [4.78, 5) is 28.1. The van der Waals surface area contributed by atoms with Crippen LogP contribution in [0.25, 0.3) is 6.08 Å². The van der Waals surface area contributed by atoms with Crippen LogP contribution in [-0.2, 0) is 29.3 Å². The highest BCUT2D eigenvalue weighted by Gasteiger charge is 2.49. The Morgan fingerprint density at radius 3 is 2.48 bits per heavy atom. The lowest BCUT2D eigenvalue weighted by Gasteiger charge is -2.30. The number of nitrogens with two attached hydrogens (primary N) is 1. The maximum absolute atomic E-state index is 13.6. The Bertz CT molecular complexity index is 865. The number of alkyl halides is 3. The summed E-state index contributed by atoms with van der Waals surface area (Å²) < 4.78 is 55.0. The van der Waals surface area contributed by atoms with Gasteiger partial charge in [-0.1, -0.05) is 38.0 Å². The van der Waals surface area contributed by atoms with Gasteiger partial charge in [0, 0.05) is 10.6 Å². The summed E-state index contributed by atoms with van der Waals surface area (Å²) in [7, 11) is 0. The molecule has 0 spiro atoms. The Balaban J connectivity index is 2.21. The number of hydrogen-bond donors (Lipinski definition) is 2. The minimum Gasteiger partial charge on any atom is -0.475 e. The van der Waals surface area contributed by atoms with E-state index >= 15 is 0 Å². The van der Waals surface area contributed by atoms with Gasteiger partial charge >= 0.3 is 18.1 Å². The van der Waals surface area contributed by atoms with Gasteiger partial charge in [0.25, 0.3) is 0 Å². The van der Waals surface area contributed by atoms with Crippen molar-refractivity contribution in [3.8, 4) is 5.75 Å². The molecule has 31 heavy (non-hydrogen) atoms. The average molecular weight is 469 g/mol. The molecule has 1 unspecified atom stereocenters. The summed E-state index contributed by atoms with van der Waals surface area (Å²) >= 11 is 6.26. The number of rotatable bonds is 7. The number of hydrogen-bond acceptors (Lipinski definition) is 7. The van der Waals surface area contributed by atoms with Gasteiger partial charge in [-0.05, 0) is 29.2 Å². The van der Waals surface area contributed by atoms with Crippen LogP contribution in [-0.4, -0.2) is 42.8 Å². The predicted octanol–water partition coefficient (Wildman–Crippen LogP) is 2.66. The highest BCUT2D eigenvalue weighted by atomic mass is 35.5. The molecule has 1 aliphatic heterocycles. The topological polar surface area (TPSA) is 108 Å². The van der Waals surface area contributed by atoms with Crippen molar-refractivity contribution in [2.75, 3.05) is 13.4 Å². The molecule has 2 rings (SSSR count). The monoisotopic (exact) mass is 468 g/mol. The van der Waals surface area contributed by atoms with Crippen LogP contribution in [0.5, 0.6) is 5.75 Å². The average Bonchev–Trinajstić information content (AvgIpc) is 2.65. The molecule has 8 nitrogen and oxygen atoms in total. The maximum atomic E-state index is 13.6. The number of ether oxygens (including phenoxy) is 3. The predicted molar refractivity (Wildman–Crippen MR) is 99.9 cm³/mol. The Morgan fingerprint density at radius 2 is 1.90 bits per heavy atom. The summed E-state index contributed by atoms with van der Waals surface area (Å²) in [5.74, 6) is -2.28. The van der Waals surface area contributed by atoms with E-state index in [-0.39, 0.29) is 24.3 Å². The quantitative estimate of drug-likeness (QED) is 0.274. The van der Waals surface area contributed by atoms with Gasteiger partial charge in [0.15, 0.2) is 0 Å². The third-order valence-corrected chi connectivity index (χ3v) is 4.50. The second-order valence-electron chi connectivity index (χ2n) is 7.55. The number of fused-ring (bicyclic) bond motifs is 1. The zero-order valence-electron chi connectivity index (χ0n) is 16.9. The van der Waals surface area contributed by atoms with Crippen molar-refractivity contribution < 1.29 is 52.7 Å². The Hall–Kier alpha value is -2.34. The number of quaternary nitrogens is 1. The van der Waals surface area contributed by atoms with Gasteiger partial charge in [-0.25, -0.2) is 4.79 Å². The molecule has 0 saturated carbocycles. The summed E-state index contributed by atoms with van der Waals surface area (Å²) in [5, 5.41) is 8.62. The van der Waals surface area contributed by atoms with E-state index in [2.05, 4.69) is 14.3 Å². The molecule has 0 fully saturated rings. The molecule has 12 heteroatoms. The Morgan fingerprint density at radius 1 is 1.23 bits per heavy atom. The lowest BCUT2D eigenvalue weighted by atomic mass is 9.85. The molecule has 0 radical (unpaired) electrons. The van der Waals surface area contributed by atoms with E-state index in [1.54, 1.807) is 0 Å². The molecule has 1 atom stereocenters. The smallest absolute Gasteiger partial charge is 0.430 e. The molecule has 1 aromatic rings. The van der Waals surface area contributed by atoms with Crippen molar-refractivity contribution in [3.05, 3.63) is 33.9 Å². The molecule has 0 aromatic heterocycles. The van der Waals surface area contributed by atoms with Crippen molar-refractivity contribution in [2.45, 2.75) is 44.9 Å². The lowest BCUT2D eigenvalue weighted by Crippen LogP contribution is -2.79. The van der Waals surface area contributed by atoms with Gasteiger partial charge in [0.2, 0.25) is 12.9 Å². The molecule has 1 heterocycles. The van der Waals surface area contributed by atoms with Crippen molar-refractivity contribution in [1.29, 1.82) is 0 Å². The molecule has 0 saturated heterocycles. The minimum atomic E-state index is -4.90. The van der Waals surface area contributed by atoms with E-state index < -0.39 is 42.0 Å². The van der Waals surface area contributed by atoms with Crippen LogP contribution < -0.4 is 10.4 Å². The molecule has 0 bridgehead atoms. The first-order valence-electron chi connectivity index (χ1n) is 9.04. The van der Waals surface area contributed by atoms with Gasteiger partial charge in [-0.3, -0.25) is 4.79 Å². The number of halogens is 4. The van der Waals surface area contributed by atoms with Crippen molar-refractivity contribution >= 4 is 29.6 Å². The van der Waals surface area contributed by atoms with Gasteiger partial charge in [-0.15, -0.1) is 0 Å². The van der Waals surface area contributed by atoms with E-state index in [9.17, 15) is 22.8 Å². The first-order valence-corrected chi connectivity index (χ1v) is 9.41. The Kier molecular flexibility index (Phi) is 7.93. The molecular weight excluding hydrogens is 447 g/mol. The van der Waals surface area contributed by atoms with Crippen LogP contribution in [0, 0.1) is 0 Å². The fourth-order valence-corrected chi connectivity index (χ4v) is 3.16. The maximum Gasteiger partial charge on any atom is 0.430 e. The number of carbonyl (C=O) groups excluding carboxylic acids is 2. The minimum absolute atomic E-state index is 0.0692. The number of carbonyl (C=O) groups is 2. The van der Waals surface area contributed by atoms with Crippen LogP contribution in [0.4, 0.5) is 13.2 Å². The SMILES string of the molecule is CC(C)(C)c1cc2c(cc1Cl)C=C(C(=O)OCOC(=O)CCO[NH2+]O)C(C(F)(F)F)O2. The number of esters is 2. The normalized spacial score (nSPS) is 16.1. The third kappa shape index (κ3) is 6.57. The van der Waals surface area contributed by atoms with Crippen LogP contribution in [0.15, 0.2) is 17.7 Å². The lowest BCUT2D eigenvalue weighted by molar-refractivity contribution is -1.06. The zero-order valence-corrected chi connectivity index (χ0v) is 17.7. The Labute approximate surface area is 180 Å². The second kappa shape index (κ2) is 9.86. The van der Waals surface area contributed by atoms with Crippen LogP contribution in [0.1, 0.15) is 38.3 Å². The zero-order chi connectivity index (χ0) is 23.4. The van der Waals surface area contributed by atoms with Crippen LogP contribution in [0.2, 0.25) is 5.02 Å². The fourth-order valence-electron chi connectivity index (χ4n) is 2.70. The van der Waals surface area contributed by atoms with E-state index in [0.717, 1.165) is 6.08 Å². The van der Waals surface area contributed by atoms with Gasteiger partial charge in [0.05, 0.1) is 12.0 Å². The van der Waals surface area contributed by atoms with Crippen molar-refractivity contribution in [3.63, 3.8) is 0 Å². The summed E-state index contributed by atoms with van der Waals surface area (Å²) in [6, 6.07) is 2.83. The first kappa shape index (κ1) is 24.9. The molecular formula is C19H22ClF3NO7+. The van der Waals surface area contributed by atoms with Crippen LogP contribution >= 0.6 is 11.6 Å². The van der Waals surface area contributed by atoms with E-state index in [4.69, 9.17) is 21.5 Å². The number of benzene rings is 1. The fraction of sp³-hybridized carbons (Fsp3) is 0.474. The van der Waals surface area contributed by atoms with Crippen molar-refractivity contribution in [1.82, 2.24) is 0 Å². The summed E-state index contributed by atoms with van der Waals surface area (Å²) in [6.07, 6.45) is -6.75. The molecule has 1 aliphatic rings. The van der Waals surface area contributed by atoms with Gasteiger partial charge in [0.1, 0.15) is 12.4 Å². The molecule has 0 aliphatic carbocycles. The van der Waals surface area contributed by atoms with E-state index in [1.165, 1.54) is 12.1 Å². The summed E-state index contributed by atoms with van der Waals surface area (Å²) in [6.45, 7) is 4.45. The van der Waals surface area contributed by atoms with E-state index in [1.807, 2.05) is 20.8 Å². The standard InChI is InChI=1S/C19H22ClF3NO7/c1-18(2,3)12-8-14-10(7-13(12)20)6-11(16(31-14)19(21,22)23)17(26)29-9-28-15(25)4-5-30-24-27/h6-8,16,27H,4-5,9,24H2,1-3H3/q+1. The summed E-state index contributed by atoms with van der Waals surface area (Å²) in [5.41, 5.74) is -0.109. The first-order chi connectivity index (χ1) is 14.3. The third-order valence-electron chi connectivity index (χ3n) is 4.19. The molecule has 3 N–H and O–H groups in total. The van der Waals surface area contributed by atoms with Crippen molar-refractivity contribution in [2.24, 2.45) is 0 Å². The highest BCUT2D eigenvalue weighted by Crippen LogP contribution is 2.42. The molecule has 0 amide bonds.